The summed E-state index contributed by atoms with van der Waals surface area (Å²) in [6, 6.07) is 15.4. The van der Waals surface area contributed by atoms with E-state index in [0.29, 0.717) is 17.9 Å². The zero-order valence-corrected chi connectivity index (χ0v) is 17.9. The van der Waals surface area contributed by atoms with Crippen molar-refractivity contribution in [1.29, 1.82) is 5.26 Å². The molecule has 7 nitrogen and oxygen atoms in total. The Morgan fingerprint density at radius 1 is 1.16 bits per heavy atom. The number of amides is 1. The molecule has 0 spiro atoms. The number of nitriles is 1. The van der Waals surface area contributed by atoms with E-state index in [4.69, 9.17) is 9.47 Å². The first-order valence-electron chi connectivity index (χ1n) is 9.80. The maximum absolute atomic E-state index is 14.0. The van der Waals surface area contributed by atoms with Gasteiger partial charge in [0.25, 0.3) is 5.91 Å². The van der Waals surface area contributed by atoms with Crippen LogP contribution >= 0.6 is 0 Å². The Morgan fingerprint density at radius 2 is 1.88 bits per heavy atom. The highest BCUT2D eigenvalue weighted by molar-refractivity contribution is 5.96. The van der Waals surface area contributed by atoms with Crippen molar-refractivity contribution in [3.05, 3.63) is 82.3 Å². The van der Waals surface area contributed by atoms with Crippen LogP contribution in [0.15, 0.2) is 48.5 Å². The number of halogens is 1. The smallest absolute Gasteiger partial charge is 0.341 e. The minimum atomic E-state index is -0.979. The van der Waals surface area contributed by atoms with Crippen LogP contribution in [0.25, 0.3) is 0 Å². The fourth-order valence-corrected chi connectivity index (χ4v) is 3.26. The van der Waals surface area contributed by atoms with Crippen LogP contribution < -0.4 is 10.1 Å². The molecular weight excluding hydrogens is 413 g/mol. The Labute approximate surface area is 185 Å². The van der Waals surface area contributed by atoms with E-state index in [1.54, 1.807) is 6.92 Å². The molecule has 1 heterocycles. The van der Waals surface area contributed by atoms with Gasteiger partial charge < -0.3 is 19.4 Å². The molecule has 0 unspecified atom stereocenters. The molecule has 1 aromatic heterocycles. The summed E-state index contributed by atoms with van der Waals surface area (Å²) in [4.78, 5) is 24.7. The number of carbonyl (C=O) groups excluding carboxylic acids is 2. The van der Waals surface area contributed by atoms with E-state index in [-0.39, 0.29) is 11.3 Å². The lowest BCUT2D eigenvalue weighted by molar-refractivity contribution is -0.119. The maximum Gasteiger partial charge on any atom is 0.341 e. The average Bonchev–Trinajstić information content (AvgIpc) is 3.01. The quantitative estimate of drug-likeness (QED) is 0.567. The van der Waals surface area contributed by atoms with Gasteiger partial charge in [-0.15, -0.1) is 0 Å². The third-order valence-electron chi connectivity index (χ3n) is 5.11. The molecule has 0 fully saturated rings. The number of methoxy groups -OCH3 is 1. The highest BCUT2D eigenvalue weighted by atomic mass is 19.1. The summed E-state index contributed by atoms with van der Waals surface area (Å²) in [5.74, 6) is -1.86. The van der Waals surface area contributed by atoms with E-state index in [0.717, 1.165) is 22.9 Å². The molecule has 32 heavy (non-hydrogen) atoms. The van der Waals surface area contributed by atoms with E-state index >= 15 is 0 Å². The van der Waals surface area contributed by atoms with Gasteiger partial charge in [0.05, 0.1) is 18.2 Å². The number of aromatic nitrogens is 1. The van der Waals surface area contributed by atoms with Gasteiger partial charge in [-0.25, -0.2) is 9.18 Å². The van der Waals surface area contributed by atoms with Crippen molar-refractivity contribution in [3.8, 4) is 11.8 Å². The maximum atomic E-state index is 14.0. The molecule has 0 bridgehead atoms. The second-order valence-corrected chi connectivity index (χ2v) is 7.09. The molecule has 8 heteroatoms. The van der Waals surface area contributed by atoms with Crippen LogP contribution in [-0.4, -0.2) is 30.2 Å². The Bertz CT molecular complexity index is 1200. The summed E-state index contributed by atoms with van der Waals surface area (Å²) in [7, 11) is 1.38. The van der Waals surface area contributed by atoms with Gasteiger partial charge in [0.1, 0.15) is 23.5 Å². The molecule has 1 N–H and O–H groups in total. The van der Waals surface area contributed by atoms with Crippen molar-refractivity contribution in [1.82, 2.24) is 4.57 Å². The van der Waals surface area contributed by atoms with Gasteiger partial charge in [-0.05, 0) is 37.1 Å². The van der Waals surface area contributed by atoms with Gasteiger partial charge in [-0.2, -0.15) is 5.26 Å². The van der Waals surface area contributed by atoms with E-state index in [9.17, 15) is 19.2 Å². The van der Waals surface area contributed by atoms with Crippen LogP contribution in [0.3, 0.4) is 0 Å². The molecule has 0 aliphatic carbocycles. The second kappa shape index (κ2) is 9.79. The Hall–Kier alpha value is -4.12. The molecule has 0 aliphatic heterocycles. The van der Waals surface area contributed by atoms with Crippen LogP contribution in [0.4, 0.5) is 10.2 Å². The van der Waals surface area contributed by atoms with Gasteiger partial charge in [0.15, 0.2) is 6.61 Å². The number of hydrogen-bond donors (Lipinski definition) is 1. The first-order chi connectivity index (χ1) is 15.3. The molecule has 0 saturated carbocycles. The molecule has 3 rings (SSSR count). The number of anilines is 1. The molecule has 0 aliphatic rings. The summed E-state index contributed by atoms with van der Waals surface area (Å²) in [6.07, 6.45) is 0. The summed E-state index contributed by atoms with van der Waals surface area (Å²) in [5.41, 5.74) is 2.59. The van der Waals surface area contributed by atoms with Gasteiger partial charge in [0, 0.05) is 18.3 Å². The normalized spacial score (nSPS) is 10.3. The highest BCUT2D eigenvalue weighted by Crippen LogP contribution is 2.27. The van der Waals surface area contributed by atoms with E-state index in [1.807, 2.05) is 41.8 Å². The Kier molecular flexibility index (Phi) is 6.90. The lowest BCUT2D eigenvalue weighted by atomic mass is 10.2. The van der Waals surface area contributed by atoms with Gasteiger partial charge >= 0.3 is 5.97 Å². The number of nitrogens with one attached hydrogen (secondary N) is 1. The molecule has 0 radical (unpaired) electrons. The molecule has 0 saturated heterocycles. The van der Waals surface area contributed by atoms with Gasteiger partial charge in [0.2, 0.25) is 0 Å². The standard InChI is InChI=1S/C24H22FN3O4/c1-15-16(2)28(13-17-7-5-4-6-8-17)23(20(15)12-26)27-22(29)14-32-24(30)19-10-9-18(31-3)11-21(19)25/h4-11H,13-14H2,1-3H3,(H,27,29). The zero-order valence-electron chi connectivity index (χ0n) is 17.9. The summed E-state index contributed by atoms with van der Waals surface area (Å²) in [5, 5.41) is 12.3. The lowest BCUT2D eigenvalue weighted by Gasteiger charge is -2.13. The first kappa shape index (κ1) is 22.6. The number of esters is 1. The summed E-state index contributed by atoms with van der Waals surface area (Å²) < 4.78 is 25.7. The largest absolute Gasteiger partial charge is 0.497 e. The fourth-order valence-electron chi connectivity index (χ4n) is 3.26. The minimum Gasteiger partial charge on any atom is -0.497 e. The third-order valence-corrected chi connectivity index (χ3v) is 5.11. The zero-order chi connectivity index (χ0) is 23.3. The van der Waals surface area contributed by atoms with Crippen molar-refractivity contribution < 1.29 is 23.5 Å². The number of carbonyl (C=O) groups is 2. The monoisotopic (exact) mass is 435 g/mol. The van der Waals surface area contributed by atoms with Crippen molar-refractivity contribution in [3.63, 3.8) is 0 Å². The topological polar surface area (TPSA) is 93.3 Å². The van der Waals surface area contributed by atoms with Crippen molar-refractivity contribution in [2.24, 2.45) is 0 Å². The van der Waals surface area contributed by atoms with E-state index in [2.05, 4.69) is 11.4 Å². The average molecular weight is 435 g/mol. The van der Waals surface area contributed by atoms with E-state index < -0.39 is 24.3 Å². The molecule has 3 aromatic rings. The Morgan fingerprint density at radius 3 is 2.50 bits per heavy atom. The molecule has 0 atom stereocenters. The molecule has 164 valence electrons. The number of rotatable bonds is 7. The van der Waals surface area contributed by atoms with Crippen LogP contribution in [0, 0.1) is 31.0 Å². The van der Waals surface area contributed by atoms with Crippen LogP contribution in [0.5, 0.6) is 5.75 Å². The fraction of sp³-hybridized carbons (Fsp3) is 0.208. The number of benzene rings is 2. The summed E-state index contributed by atoms with van der Waals surface area (Å²) >= 11 is 0. The van der Waals surface area contributed by atoms with E-state index in [1.165, 1.54) is 19.2 Å². The molecule has 2 aromatic carbocycles. The van der Waals surface area contributed by atoms with Gasteiger partial charge in [-0.1, -0.05) is 30.3 Å². The molecular formula is C24H22FN3O4. The predicted molar refractivity (Wildman–Crippen MR) is 116 cm³/mol. The SMILES string of the molecule is COc1ccc(C(=O)OCC(=O)Nc2c(C#N)c(C)c(C)n2Cc2ccccc2)c(F)c1. The second-order valence-electron chi connectivity index (χ2n) is 7.09. The Balaban J connectivity index is 1.75. The van der Waals surface area contributed by atoms with Crippen molar-refractivity contribution >= 4 is 17.7 Å². The highest BCUT2D eigenvalue weighted by Gasteiger charge is 2.21. The number of hydrogen-bond acceptors (Lipinski definition) is 5. The lowest BCUT2D eigenvalue weighted by Crippen LogP contribution is -2.23. The van der Waals surface area contributed by atoms with Crippen LogP contribution in [-0.2, 0) is 16.1 Å². The third kappa shape index (κ3) is 4.78. The number of ether oxygens (including phenoxy) is 2. The van der Waals surface area contributed by atoms with Crippen LogP contribution in [0.1, 0.15) is 32.7 Å². The number of nitrogens with zero attached hydrogens (tertiary/aromatic N) is 2. The molecule has 1 amide bonds. The first-order valence-corrected chi connectivity index (χ1v) is 9.80. The van der Waals surface area contributed by atoms with Crippen molar-refractivity contribution in [2.45, 2.75) is 20.4 Å². The predicted octanol–water partition coefficient (Wildman–Crippen LogP) is 3.97. The summed E-state index contributed by atoms with van der Waals surface area (Å²) in [6.45, 7) is 3.48. The van der Waals surface area contributed by atoms with Gasteiger partial charge in [-0.3, -0.25) is 4.79 Å². The minimum absolute atomic E-state index is 0.255. The van der Waals surface area contributed by atoms with Crippen molar-refractivity contribution in [2.75, 3.05) is 19.0 Å². The van der Waals surface area contributed by atoms with Crippen LogP contribution in [0.2, 0.25) is 0 Å².